The van der Waals surface area contributed by atoms with E-state index in [1.807, 2.05) is 0 Å². The third kappa shape index (κ3) is 5.72. The second-order valence-corrected chi connectivity index (χ2v) is 7.22. The van der Waals surface area contributed by atoms with Crippen LogP contribution in [-0.2, 0) is 0 Å². The highest BCUT2D eigenvalue weighted by atomic mass is 35.5. The van der Waals surface area contributed by atoms with Crippen molar-refractivity contribution in [1.29, 1.82) is 0 Å². The molecule has 0 saturated carbocycles. The Kier molecular flexibility index (Phi) is 7.92. The van der Waals surface area contributed by atoms with E-state index in [1.165, 1.54) is 22.3 Å². The molecule has 29 heavy (non-hydrogen) atoms. The molecule has 1 aliphatic rings. The number of hydrogen-bond donors (Lipinski definition) is 1. The van der Waals surface area contributed by atoms with E-state index in [9.17, 15) is 0 Å². The van der Waals surface area contributed by atoms with Gasteiger partial charge in [0.15, 0.2) is 0 Å². The highest BCUT2D eigenvalue weighted by molar-refractivity contribution is 5.85. The Hall–Kier alpha value is -2.55. The van der Waals surface area contributed by atoms with E-state index in [-0.39, 0.29) is 12.4 Å². The Bertz CT molecular complexity index is 852. The molecule has 0 fully saturated rings. The van der Waals surface area contributed by atoms with Crippen LogP contribution in [0.15, 0.2) is 91.0 Å². The zero-order valence-corrected chi connectivity index (χ0v) is 17.4. The molecule has 2 nitrogen and oxygen atoms in total. The van der Waals surface area contributed by atoms with Gasteiger partial charge in [-0.1, -0.05) is 78.9 Å². The third-order valence-corrected chi connectivity index (χ3v) is 5.37. The minimum atomic E-state index is 0. The minimum Gasteiger partial charge on any atom is -0.494 e. The molecular formula is C26H28ClNO. The predicted molar refractivity (Wildman–Crippen MR) is 124 cm³/mol. The van der Waals surface area contributed by atoms with Gasteiger partial charge in [0.05, 0.1) is 6.61 Å². The quantitative estimate of drug-likeness (QED) is 0.513. The van der Waals surface area contributed by atoms with Gasteiger partial charge in [-0.05, 0) is 53.8 Å². The molecule has 0 radical (unpaired) electrons. The molecule has 0 saturated heterocycles. The number of ether oxygens (including phenoxy) is 1. The minimum absolute atomic E-state index is 0. The van der Waals surface area contributed by atoms with Crippen LogP contribution >= 0.6 is 12.4 Å². The first kappa shape index (κ1) is 21.2. The normalized spacial score (nSPS) is 13.5. The maximum atomic E-state index is 6.09. The zero-order chi connectivity index (χ0) is 19.0. The Morgan fingerprint density at radius 2 is 1.41 bits per heavy atom. The van der Waals surface area contributed by atoms with Gasteiger partial charge in [-0.15, -0.1) is 12.4 Å². The van der Waals surface area contributed by atoms with Gasteiger partial charge >= 0.3 is 0 Å². The van der Waals surface area contributed by atoms with E-state index >= 15 is 0 Å². The summed E-state index contributed by atoms with van der Waals surface area (Å²) in [6.45, 7) is 2.72. The summed E-state index contributed by atoms with van der Waals surface area (Å²) in [7, 11) is 0. The fraction of sp³-hybridized carbons (Fsp3) is 0.231. The lowest BCUT2D eigenvalue weighted by Crippen LogP contribution is -2.19. The maximum Gasteiger partial charge on any atom is 0.119 e. The molecule has 1 aliphatic heterocycles. The Balaban J connectivity index is 0.00000240. The van der Waals surface area contributed by atoms with E-state index in [1.54, 1.807) is 0 Å². The van der Waals surface area contributed by atoms with Crippen molar-refractivity contribution in [3.8, 4) is 5.75 Å². The first-order chi connectivity index (χ1) is 13.9. The van der Waals surface area contributed by atoms with Gasteiger partial charge < -0.3 is 10.1 Å². The lowest BCUT2D eigenvalue weighted by atomic mass is 9.89. The van der Waals surface area contributed by atoms with Crippen molar-refractivity contribution >= 4 is 18.0 Å². The number of halogens is 1. The maximum absolute atomic E-state index is 6.09. The van der Waals surface area contributed by atoms with Crippen LogP contribution in [-0.4, -0.2) is 19.7 Å². The van der Waals surface area contributed by atoms with E-state index < -0.39 is 0 Å². The molecule has 3 aromatic rings. The number of nitrogens with one attached hydrogen (secondary N) is 1. The van der Waals surface area contributed by atoms with Crippen LogP contribution in [0.4, 0.5) is 0 Å². The predicted octanol–water partition coefficient (Wildman–Crippen LogP) is 6.09. The van der Waals surface area contributed by atoms with Crippen LogP contribution in [0.2, 0.25) is 0 Å². The van der Waals surface area contributed by atoms with Crippen molar-refractivity contribution in [2.24, 2.45) is 0 Å². The first-order valence-electron chi connectivity index (χ1n) is 10.1. The lowest BCUT2D eigenvalue weighted by Gasteiger charge is -2.19. The molecular weight excluding hydrogens is 378 g/mol. The van der Waals surface area contributed by atoms with Crippen molar-refractivity contribution in [3.63, 3.8) is 0 Å². The standard InChI is InChI=1S/C26H27NO.ClH/c1-3-7-23(8-4-1)26(24-9-5-2-6-10-24)17-20-28-25-13-11-21(12-14-25)22-15-18-27-19-16-22;/h1-15,26-27H,16-20H2;1H. The van der Waals surface area contributed by atoms with Crippen molar-refractivity contribution in [3.05, 3.63) is 108 Å². The molecule has 1 heterocycles. The zero-order valence-electron chi connectivity index (χ0n) is 16.6. The van der Waals surface area contributed by atoms with Crippen LogP contribution in [0, 0.1) is 0 Å². The second kappa shape index (κ2) is 10.8. The SMILES string of the molecule is C1=C(c2ccc(OCCC(c3ccccc3)c3ccccc3)cc2)CCNC1.Cl. The van der Waals surface area contributed by atoms with Crippen LogP contribution < -0.4 is 10.1 Å². The van der Waals surface area contributed by atoms with Crippen LogP contribution in [0.3, 0.4) is 0 Å². The molecule has 0 bridgehead atoms. The Morgan fingerprint density at radius 3 is 1.97 bits per heavy atom. The fourth-order valence-electron chi connectivity index (χ4n) is 3.84. The summed E-state index contributed by atoms with van der Waals surface area (Å²) in [6, 6.07) is 30.0. The average Bonchev–Trinajstić information content (AvgIpc) is 2.79. The monoisotopic (exact) mass is 405 g/mol. The molecule has 0 aromatic heterocycles. The van der Waals surface area contributed by atoms with Crippen molar-refractivity contribution < 1.29 is 4.74 Å². The topological polar surface area (TPSA) is 21.3 Å². The molecule has 0 amide bonds. The molecule has 3 aromatic carbocycles. The van der Waals surface area contributed by atoms with E-state index in [0.29, 0.717) is 12.5 Å². The third-order valence-electron chi connectivity index (χ3n) is 5.37. The van der Waals surface area contributed by atoms with E-state index in [4.69, 9.17) is 4.74 Å². The van der Waals surface area contributed by atoms with Crippen LogP contribution in [0.1, 0.15) is 35.4 Å². The first-order valence-corrected chi connectivity index (χ1v) is 10.1. The molecule has 4 rings (SSSR count). The van der Waals surface area contributed by atoms with Crippen molar-refractivity contribution in [2.45, 2.75) is 18.8 Å². The summed E-state index contributed by atoms with van der Waals surface area (Å²) < 4.78 is 6.09. The molecule has 3 heteroatoms. The number of rotatable bonds is 7. The van der Waals surface area contributed by atoms with Gasteiger partial charge in [0.2, 0.25) is 0 Å². The van der Waals surface area contributed by atoms with Gasteiger partial charge in [-0.2, -0.15) is 0 Å². The Morgan fingerprint density at radius 1 is 0.793 bits per heavy atom. The second-order valence-electron chi connectivity index (χ2n) is 7.22. The van der Waals surface area contributed by atoms with Gasteiger partial charge in [-0.25, -0.2) is 0 Å². The summed E-state index contributed by atoms with van der Waals surface area (Å²) in [5.74, 6) is 1.29. The summed E-state index contributed by atoms with van der Waals surface area (Å²) in [4.78, 5) is 0. The van der Waals surface area contributed by atoms with Crippen molar-refractivity contribution in [2.75, 3.05) is 19.7 Å². The summed E-state index contributed by atoms with van der Waals surface area (Å²) >= 11 is 0. The summed E-state index contributed by atoms with van der Waals surface area (Å²) in [5, 5.41) is 3.36. The highest BCUT2D eigenvalue weighted by Gasteiger charge is 2.14. The van der Waals surface area contributed by atoms with Crippen LogP contribution in [0.5, 0.6) is 5.75 Å². The smallest absolute Gasteiger partial charge is 0.119 e. The molecule has 150 valence electrons. The van der Waals surface area contributed by atoms with Gasteiger partial charge in [0.25, 0.3) is 0 Å². The molecule has 0 aliphatic carbocycles. The van der Waals surface area contributed by atoms with Gasteiger partial charge in [0.1, 0.15) is 5.75 Å². The van der Waals surface area contributed by atoms with Crippen molar-refractivity contribution in [1.82, 2.24) is 5.32 Å². The molecule has 0 atom stereocenters. The number of benzene rings is 3. The molecule has 0 spiro atoms. The van der Waals surface area contributed by atoms with Crippen LogP contribution in [0.25, 0.3) is 5.57 Å². The highest BCUT2D eigenvalue weighted by Crippen LogP contribution is 2.28. The Labute approximate surface area is 180 Å². The van der Waals surface area contributed by atoms with E-state index in [2.05, 4.69) is 96.3 Å². The number of hydrogen-bond acceptors (Lipinski definition) is 2. The largest absolute Gasteiger partial charge is 0.494 e. The molecule has 0 unspecified atom stereocenters. The lowest BCUT2D eigenvalue weighted by molar-refractivity contribution is 0.304. The van der Waals surface area contributed by atoms with Gasteiger partial charge in [-0.3, -0.25) is 0 Å². The summed E-state index contributed by atoms with van der Waals surface area (Å²) in [5.41, 5.74) is 5.41. The average molecular weight is 406 g/mol. The summed E-state index contributed by atoms with van der Waals surface area (Å²) in [6.07, 6.45) is 4.33. The fourth-order valence-corrected chi connectivity index (χ4v) is 3.84. The molecule has 1 N–H and O–H groups in total. The van der Waals surface area contributed by atoms with Gasteiger partial charge in [0, 0.05) is 12.5 Å². The van der Waals surface area contributed by atoms with E-state index in [0.717, 1.165) is 31.7 Å².